The Morgan fingerprint density at radius 3 is 3.19 bits per heavy atom. The standard InChI is InChI=1S/C14H14N4OS2/c1-7-2-3-8-9(4-7)21-14-12(8)13(19)16-10(17-14)5-11-18-15-6-20-11/h6-7H,2-5H2,1H3,(H,16,17,19). The molecule has 0 radical (unpaired) electrons. The number of aromatic amines is 1. The van der Waals surface area contributed by atoms with E-state index >= 15 is 0 Å². The summed E-state index contributed by atoms with van der Waals surface area (Å²) in [4.78, 5) is 22.2. The van der Waals surface area contributed by atoms with E-state index in [1.54, 1.807) is 16.8 Å². The van der Waals surface area contributed by atoms with Crippen LogP contribution in [0.3, 0.4) is 0 Å². The normalized spacial score (nSPS) is 18.0. The number of rotatable bonds is 2. The van der Waals surface area contributed by atoms with Crippen LogP contribution in [0.4, 0.5) is 0 Å². The van der Waals surface area contributed by atoms with Crippen LogP contribution >= 0.6 is 22.7 Å². The molecule has 0 saturated carbocycles. The zero-order chi connectivity index (χ0) is 14.4. The van der Waals surface area contributed by atoms with Gasteiger partial charge in [-0.15, -0.1) is 32.9 Å². The number of aryl methyl sites for hydroxylation is 1. The average molecular weight is 318 g/mol. The first-order valence-electron chi connectivity index (χ1n) is 6.99. The Kier molecular flexibility index (Phi) is 3.11. The lowest BCUT2D eigenvalue weighted by Gasteiger charge is -2.17. The first-order valence-corrected chi connectivity index (χ1v) is 8.69. The van der Waals surface area contributed by atoms with E-state index in [0.717, 1.165) is 34.5 Å². The van der Waals surface area contributed by atoms with Gasteiger partial charge in [0.15, 0.2) is 0 Å². The van der Waals surface area contributed by atoms with Gasteiger partial charge in [-0.25, -0.2) is 4.98 Å². The lowest BCUT2D eigenvalue weighted by molar-refractivity contribution is 0.509. The monoisotopic (exact) mass is 318 g/mol. The third-order valence-corrected chi connectivity index (χ3v) is 5.78. The van der Waals surface area contributed by atoms with Crippen molar-refractivity contribution in [3.63, 3.8) is 0 Å². The minimum Gasteiger partial charge on any atom is -0.310 e. The molecule has 0 aromatic carbocycles. The highest BCUT2D eigenvalue weighted by Crippen LogP contribution is 2.35. The van der Waals surface area contributed by atoms with Crippen LogP contribution in [0.5, 0.6) is 0 Å². The van der Waals surface area contributed by atoms with Crippen LogP contribution < -0.4 is 5.56 Å². The molecule has 0 spiro atoms. The van der Waals surface area contributed by atoms with Crippen LogP contribution in [-0.2, 0) is 19.3 Å². The average Bonchev–Trinajstić information content (AvgIpc) is 3.05. The third kappa shape index (κ3) is 2.30. The van der Waals surface area contributed by atoms with Gasteiger partial charge in [-0.1, -0.05) is 6.92 Å². The molecule has 21 heavy (non-hydrogen) atoms. The molecule has 7 heteroatoms. The van der Waals surface area contributed by atoms with Gasteiger partial charge in [0, 0.05) is 4.88 Å². The largest absolute Gasteiger partial charge is 0.310 e. The summed E-state index contributed by atoms with van der Waals surface area (Å²) >= 11 is 3.16. The Morgan fingerprint density at radius 1 is 1.48 bits per heavy atom. The molecule has 1 atom stereocenters. The van der Waals surface area contributed by atoms with E-state index in [1.807, 2.05) is 0 Å². The first kappa shape index (κ1) is 13.1. The van der Waals surface area contributed by atoms with Crippen LogP contribution in [-0.4, -0.2) is 20.2 Å². The predicted octanol–water partition coefficient (Wildman–Crippen LogP) is 2.55. The lowest BCUT2D eigenvalue weighted by Crippen LogP contribution is -2.14. The Labute approximate surface area is 129 Å². The van der Waals surface area contributed by atoms with E-state index < -0.39 is 0 Å². The molecular weight excluding hydrogens is 304 g/mol. The number of fused-ring (bicyclic) bond motifs is 3. The van der Waals surface area contributed by atoms with Crippen LogP contribution in [0, 0.1) is 5.92 Å². The quantitative estimate of drug-likeness (QED) is 0.788. The smallest absolute Gasteiger partial charge is 0.259 e. The number of aromatic nitrogens is 4. The molecule has 0 saturated heterocycles. The molecule has 5 nitrogen and oxygen atoms in total. The molecule has 108 valence electrons. The molecule has 1 unspecified atom stereocenters. The van der Waals surface area contributed by atoms with Crippen molar-refractivity contribution in [2.45, 2.75) is 32.6 Å². The van der Waals surface area contributed by atoms with Crippen molar-refractivity contribution < 1.29 is 0 Å². The molecule has 0 aliphatic heterocycles. The lowest BCUT2D eigenvalue weighted by atomic mass is 9.89. The van der Waals surface area contributed by atoms with Gasteiger partial charge in [-0.3, -0.25) is 4.79 Å². The van der Waals surface area contributed by atoms with Crippen LogP contribution in [0.15, 0.2) is 10.3 Å². The molecule has 4 rings (SSSR count). The molecule has 1 aliphatic rings. The van der Waals surface area contributed by atoms with Crippen molar-refractivity contribution in [2.75, 3.05) is 0 Å². The van der Waals surface area contributed by atoms with Crippen molar-refractivity contribution >= 4 is 32.9 Å². The molecule has 3 aromatic rings. The van der Waals surface area contributed by atoms with Gasteiger partial charge in [-0.05, 0) is 30.7 Å². The number of H-pyrrole nitrogens is 1. The molecule has 3 heterocycles. The Morgan fingerprint density at radius 2 is 2.38 bits per heavy atom. The molecule has 0 fully saturated rings. The minimum absolute atomic E-state index is 0.00781. The first-order chi connectivity index (χ1) is 10.2. The zero-order valence-corrected chi connectivity index (χ0v) is 13.2. The topological polar surface area (TPSA) is 71.5 Å². The van der Waals surface area contributed by atoms with Gasteiger partial charge in [0.1, 0.15) is 21.2 Å². The predicted molar refractivity (Wildman–Crippen MR) is 84.1 cm³/mol. The Bertz CT molecular complexity index is 850. The van der Waals surface area contributed by atoms with Crippen LogP contribution in [0.1, 0.15) is 34.6 Å². The van der Waals surface area contributed by atoms with Gasteiger partial charge in [0.05, 0.1) is 11.8 Å². The van der Waals surface area contributed by atoms with E-state index in [4.69, 9.17) is 0 Å². The zero-order valence-electron chi connectivity index (χ0n) is 11.5. The van der Waals surface area contributed by atoms with Gasteiger partial charge in [0.25, 0.3) is 5.56 Å². The molecule has 0 amide bonds. The van der Waals surface area contributed by atoms with Gasteiger partial charge in [-0.2, -0.15) is 0 Å². The fourth-order valence-electron chi connectivity index (χ4n) is 2.89. The fourth-order valence-corrected chi connectivity index (χ4v) is 4.83. The maximum atomic E-state index is 12.4. The number of nitrogens with zero attached hydrogens (tertiary/aromatic N) is 3. The fraction of sp³-hybridized carbons (Fsp3) is 0.429. The van der Waals surface area contributed by atoms with Gasteiger partial charge in [0.2, 0.25) is 0 Å². The molecule has 1 aliphatic carbocycles. The van der Waals surface area contributed by atoms with Crippen LogP contribution in [0.2, 0.25) is 0 Å². The summed E-state index contributed by atoms with van der Waals surface area (Å²) in [6.45, 7) is 2.27. The van der Waals surface area contributed by atoms with Crippen molar-refractivity contribution in [1.82, 2.24) is 20.2 Å². The number of thiophene rings is 1. The highest BCUT2D eigenvalue weighted by Gasteiger charge is 2.23. The summed E-state index contributed by atoms with van der Waals surface area (Å²) in [6, 6.07) is 0. The van der Waals surface area contributed by atoms with E-state index in [-0.39, 0.29) is 5.56 Å². The molecule has 0 bridgehead atoms. The molecular formula is C14H14N4OS2. The highest BCUT2D eigenvalue weighted by atomic mass is 32.1. The van der Waals surface area contributed by atoms with Gasteiger partial charge >= 0.3 is 0 Å². The number of hydrogen-bond acceptors (Lipinski definition) is 6. The maximum Gasteiger partial charge on any atom is 0.259 e. The maximum absolute atomic E-state index is 12.4. The van der Waals surface area contributed by atoms with Crippen molar-refractivity contribution in [2.24, 2.45) is 5.92 Å². The third-order valence-electron chi connectivity index (χ3n) is 3.94. The molecule has 3 aromatic heterocycles. The number of nitrogens with one attached hydrogen (secondary N) is 1. The van der Waals surface area contributed by atoms with Crippen molar-refractivity contribution in [3.8, 4) is 0 Å². The summed E-state index contributed by atoms with van der Waals surface area (Å²) in [6.07, 6.45) is 3.76. The highest BCUT2D eigenvalue weighted by molar-refractivity contribution is 7.18. The number of hydrogen-bond donors (Lipinski definition) is 1. The van der Waals surface area contributed by atoms with Crippen molar-refractivity contribution in [1.29, 1.82) is 0 Å². The Hall–Kier alpha value is -1.60. The van der Waals surface area contributed by atoms with Crippen molar-refractivity contribution in [3.05, 3.63) is 37.1 Å². The summed E-state index contributed by atoms with van der Waals surface area (Å²) in [5, 5.41) is 9.50. The summed E-state index contributed by atoms with van der Waals surface area (Å²) in [5.41, 5.74) is 2.91. The summed E-state index contributed by atoms with van der Waals surface area (Å²) < 4.78 is 0. The van der Waals surface area contributed by atoms with E-state index in [2.05, 4.69) is 27.1 Å². The van der Waals surface area contributed by atoms with E-state index in [9.17, 15) is 4.79 Å². The van der Waals surface area contributed by atoms with Crippen LogP contribution in [0.25, 0.3) is 10.2 Å². The van der Waals surface area contributed by atoms with E-state index in [1.165, 1.54) is 21.8 Å². The second-order valence-corrected chi connectivity index (χ2v) is 7.56. The summed E-state index contributed by atoms with van der Waals surface area (Å²) in [7, 11) is 0. The molecule has 1 N–H and O–H groups in total. The summed E-state index contributed by atoms with van der Waals surface area (Å²) in [5.74, 6) is 1.38. The second-order valence-electron chi connectivity index (χ2n) is 5.55. The Balaban J connectivity index is 1.82. The SMILES string of the molecule is CC1CCc2c(sc3nc(Cc4nncs4)[nH]c(=O)c23)C1. The van der Waals surface area contributed by atoms with E-state index in [0.29, 0.717) is 18.2 Å². The second kappa shape index (κ2) is 4.99. The van der Waals surface area contributed by atoms with Gasteiger partial charge < -0.3 is 4.98 Å². The minimum atomic E-state index is -0.00781.